The van der Waals surface area contributed by atoms with Crippen LogP contribution in [0.2, 0.25) is 5.02 Å². The number of ether oxygens (including phenoxy) is 1. The van der Waals surface area contributed by atoms with Gasteiger partial charge in [-0.1, -0.05) is 23.7 Å². The quantitative estimate of drug-likeness (QED) is 0.849. The van der Waals surface area contributed by atoms with Crippen LogP contribution in [0, 0.1) is 5.92 Å². The van der Waals surface area contributed by atoms with Gasteiger partial charge in [0.25, 0.3) is 5.91 Å². The van der Waals surface area contributed by atoms with Crippen LogP contribution in [0.25, 0.3) is 11.3 Å². The van der Waals surface area contributed by atoms with Crippen molar-refractivity contribution in [1.82, 2.24) is 15.1 Å². The molecule has 3 rings (SSSR count). The Morgan fingerprint density at radius 3 is 2.84 bits per heavy atom. The lowest BCUT2D eigenvalue weighted by Gasteiger charge is -2.31. The van der Waals surface area contributed by atoms with E-state index in [9.17, 15) is 9.59 Å². The summed E-state index contributed by atoms with van der Waals surface area (Å²) in [4.78, 5) is 26.3. The van der Waals surface area contributed by atoms with Crippen molar-refractivity contribution in [3.63, 3.8) is 0 Å². The lowest BCUT2D eigenvalue weighted by Crippen LogP contribution is -2.43. The number of piperidine rings is 1. The van der Waals surface area contributed by atoms with Gasteiger partial charge in [0.1, 0.15) is 5.69 Å². The standard InChI is InChI=1S/C18H20ClN3O3/c1-2-25-18(24)13-4-3-9-22(11-13)17(23)16-10-15(20-21-16)12-5-7-14(19)8-6-12/h5-8,10,13H,2-4,9,11H2,1H3,(H,20,21)/t13-/m0/s1. The fourth-order valence-electron chi connectivity index (χ4n) is 2.98. The molecule has 1 atom stereocenters. The minimum Gasteiger partial charge on any atom is -0.466 e. The topological polar surface area (TPSA) is 75.3 Å². The molecule has 1 saturated heterocycles. The number of H-pyrrole nitrogens is 1. The third kappa shape index (κ3) is 4.02. The first-order chi connectivity index (χ1) is 12.1. The molecule has 1 aliphatic rings. The molecule has 2 aromatic rings. The van der Waals surface area contributed by atoms with Crippen LogP contribution in [-0.2, 0) is 9.53 Å². The van der Waals surface area contributed by atoms with Crippen molar-refractivity contribution in [2.45, 2.75) is 19.8 Å². The summed E-state index contributed by atoms with van der Waals surface area (Å²) in [6, 6.07) is 8.98. The number of hydrogen-bond donors (Lipinski definition) is 1. The summed E-state index contributed by atoms with van der Waals surface area (Å²) >= 11 is 5.89. The van der Waals surface area contributed by atoms with Gasteiger partial charge in [0, 0.05) is 23.7 Å². The van der Waals surface area contributed by atoms with Gasteiger partial charge in [-0.2, -0.15) is 5.10 Å². The van der Waals surface area contributed by atoms with E-state index in [0.29, 0.717) is 36.1 Å². The monoisotopic (exact) mass is 361 g/mol. The van der Waals surface area contributed by atoms with Crippen LogP contribution in [0.4, 0.5) is 0 Å². The summed E-state index contributed by atoms with van der Waals surface area (Å²) in [5, 5.41) is 7.65. The van der Waals surface area contributed by atoms with Crippen LogP contribution in [-0.4, -0.2) is 46.7 Å². The van der Waals surface area contributed by atoms with Crippen LogP contribution in [0.1, 0.15) is 30.3 Å². The smallest absolute Gasteiger partial charge is 0.310 e. The highest BCUT2D eigenvalue weighted by atomic mass is 35.5. The first-order valence-electron chi connectivity index (χ1n) is 8.35. The molecule has 132 valence electrons. The first-order valence-corrected chi connectivity index (χ1v) is 8.73. The maximum absolute atomic E-state index is 12.7. The predicted molar refractivity (Wildman–Crippen MR) is 94.3 cm³/mol. The van der Waals surface area contributed by atoms with E-state index in [4.69, 9.17) is 16.3 Å². The number of carbonyl (C=O) groups excluding carboxylic acids is 2. The van der Waals surface area contributed by atoms with Gasteiger partial charge in [-0.05, 0) is 38.0 Å². The van der Waals surface area contributed by atoms with Gasteiger partial charge < -0.3 is 9.64 Å². The summed E-state index contributed by atoms with van der Waals surface area (Å²) in [5.41, 5.74) is 1.97. The van der Waals surface area contributed by atoms with Crippen LogP contribution < -0.4 is 0 Å². The number of nitrogens with one attached hydrogen (secondary N) is 1. The molecule has 0 aliphatic carbocycles. The second kappa shape index (κ2) is 7.70. The van der Waals surface area contributed by atoms with E-state index in [0.717, 1.165) is 18.4 Å². The van der Waals surface area contributed by atoms with E-state index in [-0.39, 0.29) is 17.8 Å². The SMILES string of the molecule is CCOC(=O)[C@H]1CCCN(C(=O)c2cc(-c3ccc(Cl)cc3)n[nH]2)C1. The number of rotatable bonds is 4. The molecular weight excluding hydrogens is 342 g/mol. The van der Waals surface area contributed by atoms with Gasteiger partial charge >= 0.3 is 5.97 Å². The lowest BCUT2D eigenvalue weighted by molar-refractivity contribution is -0.149. The molecule has 1 aromatic heterocycles. The van der Waals surface area contributed by atoms with Crippen LogP contribution in [0.15, 0.2) is 30.3 Å². The molecule has 1 N–H and O–H groups in total. The molecular formula is C18H20ClN3O3. The fraction of sp³-hybridized carbons (Fsp3) is 0.389. The van der Waals surface area contributed by atoms with Crippen molar-refractivity contribution in [1.29, 1.82) is 0 Å². The molecule has 0 bridgehead atoms. The molecule has 2 heterocycles. The van der Waals surface area contributed by atoms with Gasteiger partial charge in [-0.15, -0.1) is 0 Å². The Balaban J connectivity index is 1.70. The summed E-state index contributed by atoms with van der Waals surface area (Å²) in [5.74, 6) is -0.635. The van der Waals surface area contributed by atoms with E-state index < -0.39 is 0 Å². The minimum absolute atomic E-state index is 0.151. The van der Waals surface area contributed by atoms with E-state index in [1.54, 1.807) is 30.0 Å². The molecule has 7 heteroatoms. The molecule has 0 spiro atoms. The second-order valence-corrected chi connectivity index (χ2v) is 6.45. The maximum atomic E-state index is 12.7. The third-order valence-electron chi connectivity index (χ3n) is 4.28. The van der Waals surface area contributed by atoms with Crippen molar-refractivity contribution >= 4 is 23.5 Å². The minimum atomic E-state index is -0.253. The third-order valence-corrected chi connectivity index (χ3v) is 4.53. The van der Waals surface area contributed by atoms with Gasteiger partial charge in [-0.25, -0.2) is 0 Å². The number of esters is 1. The zero-order chi connectivity index (χ0) is 17.8. The largest absolute Gasteiger partial charge is 0.466 e. The Labute approximate surface area is 151 Å². The van der Waals surface area contributed by atoms with E-state index in [1.165, 1.54) is 0 Å². The molecule has 25 heavy (non-hydrogen) atoms. The summed E-state index contributed by atoms with van der Waals surface area (Å²) in [6.07, 6.45) is 1.54. The molecule has 1 amide bonds. The highest BCUT2D eigenvalue weighted by Crippen LogP contribution is 2.23. The number of benzene rings is 1. The molecule has 1 fully saturated rings. The second-order valence-electron chi connectivity index (χ2n) is 6.02. The molecule has 0 saturated carbocycles. The van der Waals surface area contributed by atoms with Crippen LogP contribution in [0.5, 0.6) is 0 Å². The Kier molecular flexibility index (Phi) is 5.38. The molecule has 0 unspecified atom stereocenters. The molecule has 0 radical (unpaired) electrons. The van der Waals surface area contributed by atoms with Crippen molar-refractivity contribution in [2.24, 2.45) is 5.92 Å². The highest BCUT2D eigenvalue weighted by Gasteiger charge is 2.30. The normalized spacial score (nSPS) is 17.4. The van der Waals surface area contributed by atoms with Crippen molar-refractivity contribution < 1.29 is 14.3 Å². The van der Waals surface area contributed by atoms with Gasteiger partial charge in [0.05, 0.1) is 18.2 Å². The van der Waals surface area contributed by atoms with Crippen molar-refractivity contribution in [3.05, 3.63) is 41.0 Å². The average molecular weight is 362 g/mol. The Morgan fingerprint density at radius 2 is 2.12 bits per heavy atom. The van der Waals surface area contributed by atoms with E-state index >= 15 is 0 Å². The zero-order valence-electron chi connectivity index (χ0n) is 14.0. The van der Waals surface area contributed by atoms with Gasteiger partial charge in [0.15, 0.2) is 0 Å². The molecule has 1 aliphatic heterocycles. The van der Waals surface area contributed by atoms with E-state index in [2.05, 4.69) is 10.2 Å². The number of nitrogens with zero attached hydrogens (tertiary/aromatic N) is 2. The lowest BCUT2D eigenvalue weighted by atomic mass is 9.98. The number of hydrogen-bond acceptors (Lipinski definition) is 4. The number of aromatic nitrogens is 2. The number of carbonyl (C=O) groups is 2. The number of aromatic amines is 1. The average Bonchev–Trinajstić information content (AvgIpc) is 3.12. The van der Waals surface area contributed by atoms with Crippen LogP contribution in [0.3, 0.4) is 0 Å². The van der Waals surface area contributed by atoms with Crippen molar-refractivity contribution in [3.8, 4) is 11.3 Å². The Hall–Kier alpha value is -2.34. The maximum Gasteiger partial charge on any atom is 0.310 e. The molecule has 6 nitrogen and oxygen atoms in total. The van der Waals surface area contributed by atoms with E-state index in [1.807, 2.05) is 12.1 Å². The number of amides is 1. The van der Waals surface area contributed by atoms with Crippen molar-refractivity contribution in [2.75, 3.05) is 19.7 Å². The summed E-state index contributed by atoms with van der Waals surface area (Å²) in [6.45, 7) is 3.15. The first kappa shape index (κ1) is 17.5. The fourth-order valence-corrected chi connectivity index (χ4v) is 3.11. The summed E-state index contributed by atoms with van der Waals surface area (Å²) in [7, 11) is 0. The predicted octanol–water partition coefficient (Wildman–Crippen LogP) is 3.15. The highest BCUT2D eigenvalue weighted by molar-refractivity contribution is 6.30. The van der Waals surface area contributed by atoms with Gasteiger partial charge in [-0.3, -0.25) is 14.7 Å². The van der Waals surface area contributed by atoms with Crippen LogP contribution >= 0.6 is 11.6 Å². The zero-order valence-corrected chi connectivity index (χ0v) is 14.8. The number of likely N-dealkylation sites (tertiary alicyclic amines) is 1. The Bertz CT molecular complexity index is 757. The Morgan fingerprint density at radius 1 is 1.36 bits per heavy atom. The number of halogens is 1. The van der Waals surface area contributed by atoms with Gasteiger partial charge in [0.2, 0.25) is 0 Å². The molecule has 1 aromatic carbocycles. The summed E-state index contributed by atoms with van der Waals surface area (Å²) < 4.78 is 5.08.